The molecule has 0 saturated carbocycles. The van der Waals surface area contributed by atoms with E-state index in [1.165, 1.54) is 0 Å². The van der Waals surface area contributed by atoms with Crippen LogP contribution in [0, 0.1) is 0 Å². The molecule has 0 saturated heterocycles. The molecule has 0 aromatic heterocycles. The molecule has 12 heavy (non-hydrogen) atoms. The summed E-state index contributed by atoms with van der Waals surface area (Å²) in [4.78, 5) is 0. The second kappa shape index (κ2) is 4.28. The Morgan fingerprint density at radius 1 is 1.33 bits per heavy atom. The second-order valence-corrected chi connectivity index (χ2v) is 3.88. The van der Waals surface area contributed by atoms with Crippen molar-refractivity contribution in [1.29, 1.82) is 0 Å². The zero-order valence-electron chi connectivity index (χ0n) is 6.14. The molecule has 0 bridgehead atoms. The van der Waals surface area contributed by atoms with Crippen molar-refractivity contribution in [3.63, 3.8) is 0 Å². The maximum Gasteiger partial charge on any atom is 0.509 e. The zero-order valence-corrected chi connectivity index (χ0v) is 6.95. The van der Waals surface area contributed by atoms with Gasteiger partial charge in [0.1, 0.15) is 0 Å². The monoisotopic (exact) mass is 208 g/mol. The van der Waals surface area contributed by atoms with Crippen LogP contribution in [-0.4, -0.2) is 27.7 Å². The van der Waals surface area contributed by atoms with Crippen LogP contribution >= 0.6 is 10.8 Å². The van der Waals surface area contributed by atoms with Gasteiger partial charge in [0, 0.05) is 6.54 Å². The van der Waals surface area contributed by atoms with E-state index in [4.69, 9.17) is 14.8 Å². The molecular formula is C4H11F3N2O2S. The Morgan fingerprint density at radius 3 is 2.17 bits per heavy atom. The highest BCUT2D eigenvalue weighted by Gasteiger charge is 2.45. The van der Waals surface area contributed by atoms with Crippen LogP contribution in [0.15, 0.2) is 0 Å². The Bertz CT molecular complexity index is 141. The molecule has 0 aromatic rings. The van der Waals surface area contributed by atoms with Crippen LogP contribution in [0.5, 0.6) is 0 Å². The summed E-state index contributed by atoms with van der Waals surface area (Å²) in [6, 6.07) is 0. The summed E-state index contributed by atoms with van der Waals surface area (Å²) < 4.78 is 53.6. The van der Waals surface area contributed by atoms with Crippen molar-refractivity contribution < 1.29 is 22.3 Å². The van der Waals surface area contributed by atoms with Crippen molar-refractivity contribution in [1.82, 2.24) is 4.72 Å². The molecule has 0 aliphatic carbocycles. The predicted molar refractivity (Wildman–Crippen MR) is 40.6 cm³/mol. The van der Waals surface area contributed by atoms with Gasteiger partial charge in [-0.3, -0.25) is 9.11 Å². The lowest BCUT2D eigenvalue weighted by Gasteiger charge is -2.33. The highest BCUT2D eigenvalue weighted by molar-refractivity contribution is 8.23. The summed E-state index contributed by atoms with van der Waals surface area (Å²) in [5, 5.41) is 0. The lowest BCUT2D eigenvalue weighted by molar-refractivity contribution is -0.0542. The molecule has 76 valence electrons. The molecule has 4 nitrogen and oxygen atoms in total. The van der Waals surface area contributed by atoms with Crippen LogP contribution in [0.2, 0.25) is 0 Å². The average Bonchev–Trinajstić information content (AvgIpc) is 1.85. The minimum absolute atomic E-state index is 0.168. The molecule has 0 fully saturated rings. The average molecular weight is 208 g/mol. The Morgan fingerprint density at radius 2 is 1.83 bits per heavy atom. The van der Waals surface area contributed by atoms with E-state index < -0.39 is 16.3 Å². The van der Waals surface area contributed by atoms with E-state index in [-0.39, 0.29) is 19.5 Å². The molecule has 0 aliphatic rings. The molecule has 8 heteroatoms. The van der Waals surface area contributed by atoms with E-state index >= 15 is 0 Å². The normalized spacial score (nSPS) is 14.8. The Kier molecular flexibility index (Phi) is 4.28. The fourth-order valence-electron chi connectivity index (χ4n) is 0.398. The molecule has 0 amide bonds. The van der Waals surface area contributed by atoms with Gasteiger partial charge >= 0.3 is 5.51 Å². The molecule has 0 aliphatic heterocycles. The number of rotatable bonds is 4. The largest absolute Gasteiger partial charge is 0.509 e. The van der Waals surface area contributed by atoms with Crippen molar-refractivity contribution in [2.24, 2.45) is 5.73 Å². The van der Waals surface area contributed by atoms with Crippen LogP contribution in [0.1, 0.15) is 6.42 Å². The van der Waals surface area contributed by atoms with Gasteiger partial charge in [0.15, 0.2) is 0 Å². The molecular weight excluding hydrogens is 197 g/mol. The molecule has 0 spiro atoms. The van der Waals surface area contributed by atoms with Gasteiger partial charge in [-0.1, -0.05) is 0 Å². The first-order valence-corrected chi connectivity index (χ1v) is 4.65. The quantitative estimate of drug-likeness (QED) is 0.522. The summed E-state index contributed by atoms with van der Waals surface area (Å²) in [5.74, 6) is 0. The summed E-state index contributed by atoms with van der Waals surface area (Å²) in [5.41, 5.74) is -0.0206. The van der Waals surface area contributed by atoms with Crippen molar-refractivity contribution in [2.75, 3.05) is 13.1 Å². The number of nitrogens with one attached hydrogen (secondary N) is 1. The first-order chi connectivity index (χ1) is 5.31. The van der Waals surface area contributed by atoms with Crippen molar-refractivity contribution >= 4 is 10.8 Å². The van der Waals surface area contributed by atoms with E-state index in [9.17, 15) is 13.2 Å². The molecule has 0 heterocycles. The van der Waals surface area contributed by atoms with Gasteiger partial charge in [-0.05, 0) is 23.7 Å². The maximum absolute atomic E-state index is 11.7. The van der Waals surface area contributed by atoms with E-state index in [0.29, 0.717) is 0 Å². The number of hydrogen-bond donors (Lipinski definition) is 4. The highest BCUT2D eigenvalue weighted by Crippen LogP contribution is 2.51. The van der Waals surface area contributed by atoms with E-state index in [1.54, 1.807) is 4.72 Å². The summed E-state index contributed by atoms with van der Waals surface area (Å²) in [7, 11) is -4.68. The van der Waals surface area contributed by atoms with Crippen molar-refractivity contribution in [2.45, 2.75) is 11.9 Å². The van der Waals surface area contributed by atoms with Gasteiger partial charge in [-0.2, -0.15) is 13.2 Å². The minimum atomic E-state index is -5.01. The topological polar surface area (TPSA) is 78.5 Å². The number of nitrogens with two attached hydrogens (primary N) is 1. The number of halogens is 3. The third-order valence-corrected chi connectivity index (χ3v) is 2.26. The van der Waals surface area contributed by atoms with E-state index in [2.05, 4.69) is 0 Å². The maximum atomic E-state index is 11.7. The number of alkyl halides is 3. The van der Waals surface area contributed by atoms with Crippen molar-refractivity contribution in [3.8, 4) is 0 Å². The van der Waals surface area contributed by atoms with Gasteiger partial charge in [-0.25, -0.2) is 4.72 Å². The number of hydrogen-bond acceptors (Lipinski definition) is 4. The SMILES string of the molecule is NCCCNS(O)(O)C(F)(F)F. The third kappa shape index (κ3) is 3.59. The molecule has 0 atom stereocenters. The Balaban J connectivity index is 3.88. The van der Waals surface area contributed by atoms with Crippen LogP contribution < -0.4 is 10.5 Å². The molecule has 5 N–H and O–H groups in total. The van der Waals surface area contributed by atoms with Gasteiger partial charge in [0.2, 0.25) is 0 Å². The molecule has 0 unspecified atom stereocenters. The van der Waals surface area contributed by atoms with Gasteiger partial charge in [0.25, 0.3) is 0 Å². The van der Waals surface area contributed by atoms with Crippen LogP contribution in [0.4, 0.5) is 13.2 Å². The second-order valence-electron chi connectivity index (χ2n) is 2.03. The molecule has 0 rings (SSSR count). The first kappa shape index (κ1) is 12.0. The fraction of sp³-hybridized carbons (Fsp3) is 1.00. The highest BCUT2D eigenvalue weighted by atomic mass is 32.3. The van der Waals surface area contributed by atoms with E-state index in [1.807, 2.05) is 0 Å². The molecule has 0 radical (unpaired) electrons. The van der Waals surface area contributed by atoms with Gasteiger partial charge in [-0.15, -0.1) is 0 Å². The minimum Gasteiger partial charge on any atom is -0.330 e. The van der Waals surface area contributed by atoms with Crippen LogP contribution in [0.3, 0.4) is 0 Å². The predicted octanol–water partition coefficient (Wildman–Crippen LogP) is 1.11. The first-order valence-electron chi connectivity index (χ1n) is 3.10. The third-order valence-electron chi connectivity index (χ3n) is 1.01. The standard InChI is InChI=1S/C4H11F3N2O2S/c5-4(6,7)12(10,11)9-3-1-2-8/h9-11H,1-3,8H2. The smallest absolute Gasteiger partial charge is 0.330 e. The van der Waals surface area contributed by atoms with Crippen LogP contribution in [0.25, 0.3) is 0 Å². The summed E-state index contributed by atoms with van der Waals surface area (Å²) in [6.07, 6.45) is 0.256. The van der Waals surface area contributed by atoms with Crippen molar-refractivity contribution in [3.05, 3.63) is 0 Å². The lowest BCUT2D eigenvalue weighted by Crippen LogP contribution is -2.33. The van der Waals surface area contributed by atoms with Gasteiger partial charge in [0.05, 0.1) is 0 Å². The zero-order chi connectivity index (χ0) is 9.83. The van der Waals surface area contributed by atoms with E-state index in [0.717, 1.165) is 0 Å². The molecule has 0 aromatic carbocycles. The summed E-state index contributed by atoms with van der Waals surface area (Å²) in [6.45, 7) is 0.0265. The van der Waals surface area contributed by atoms with Gasteiger partial charge < -0.3 is 5.73 Å². The lowest BCUT2D eigenvalue weighted by atomic mass is 10.4. The summed E-state index contributed by atoms with van der Waals surface area (Å²) >= 11 is 0. The Labute approximate surface area is 69.4 Å². The Hall–Kier alpha value is -0.0200. The fourth-order valence-corrected chi connectivity index (χ4v) is 0.991. The van der Waals surface area contributed by atoms with Crippen LogP contribution in [-0.2, 0) is 0 Å².